The van der Waals surface area contributed by atoms with E-state index in [4.69, 9.17) is 0 Å². The van der Waals surface area contributed by atoms with E-state index in [0.717, 1.165) is 0 Å². The maximum atomic E-state index is 2.40. The molecular formula is C35H34. The van der Waals surface area contributed by atoms with Crippen molar-refractivity contribution >= 4 is 43.1 Å². The van der Waals surface area contributed by atoms with Crippen molar-refractivity contribution in [2.24, 2.45) is 0 Å². The molecule has 0 unspecified atom stereocenters. The highest BCUT2D eigenvalue weighted by molar-refractivity contribution is 6.13. The van der Waals surface area contributed by atoms with E-state index in [1.165, 1.54) is 65.3 Å². The Labute approximate surface area is 209 Å². The van der Waals surface area contributed by atoms with Crippen LogP contribution in [0.4, 0.5) is 0 Å². The average molecular weight is 455 g/mol. The summed E-state index contributed by atoms with van der Waals surface area (Å²) in [6.07, 6.45) is 0. The molecule has 0 aliphatic heterocycles. The molecule has 0 bridgehead atoms. The molecule has 0 heterocycles. The molecule has 0 N–H and O–H groups in total. The Hall–Kier alpha value is -3.64. The van der Waals surface area contributed by atoms with Crippen LogP contribution in [0.3, 0.4) is 0 Å². The standard InChI is InChI=1S/C31H22.2C2H6/c1-31(2)29-25-13-11-19-7-5-6-10-23(19)24(25)15-16-27(29)26-14-12-22-17-20-8-3-4-9-21(20)18-28(22)30(26)31;2*1-2/h3-18H,1-2H3;2*1-2H3. The first-order chi connectivity index (χ1) is 17.1. The van der Waals surface area contributed by atoms with Crippen LogP contribution in [-0.4, -0.2) is 0 Å². The third-order valence-electron chi connectivity index (χ3n) is 7.35. The van der Waals surface area contributed by atoms with Crippen LogP contribution in [0.15, 0.2) is 97.1 Å². The van der Waals surface area contributed by atoms with E-state index in [1.54, 1.807) is 0 Å². The Kier molecular flexibility index (Phi) is 5.85. The molecular weight excluding hydrogens is 420 g/mol. The van der Waals surface area contributed by atoms with Crippen molar-refractivity contribution < 1.29 is 0 Å². The summed E-state index contributed by atoms with van der Waals surface area (Å²) < 4.78 is 0. The van der Waals surface area contributed by atoms with Crippen LogP contribution in [0.2, 0.25) is 0 Å². The largest absolute Gasteiger partial charge is 0.0683 e. The zero-order chi connectivity index (χ0) is 24.7. The molecule has 1 aliphatic carbocycles. The van der Waals surface area contributed by atoms with Gasteiger partial charge in [0.25, 0.3) is 0 Å². The van der Waals surface area contributed by atoms with Crippen LogP contribution in [-0.2, 0) is 5.41 Å². The third-order valence-corrected chi connectivity index (χ3v) is 7.35. The highest BCUT2D eigenvalue weighted by Crippen LogP contribution is 2.54. The van der Waals surface area contributed by atoms with Crippen molar-refractivity contribution in [2.45, 2.75) is 47.0 Å². The van der Waals surface area contributed by atoms with Gasteiger partial charge in [0.15, 0.2) is 0 Å². The molecule has 174 valence electrons. The van der Waals surface area contributed by atoms with E-state index in [9.17, 15) is 0 Å². The van der Waals surface area contributed by atoms with E-state index in [1.807, 2.05) is 27.7 Å². The number of hydrogen-bond donors (Lipinski definition) is 0. The van der Waals surface area contributed by atoms with E-state index in [-0.39, 0.29) is 5.41 Å². The Bertz CT molecular complexity index is 1670. The predicted octanol–water partition coefficient (Wildman–Crippen LogP) is 10.7. The molecule has 0 saturated carbocycles. The van der Waals surface area contributed by atoms with Crippen molar-refractivity contribution in [1.82, 2.24) is 0 Å². The fourth-order valence-corrected chi connectivity index (χ4v) is 6.02. The second-order valence-corrected chi connectivity index (χ2v) is 9.40. The predicted molar refractivity (Wildman–Crippen MR) is 157 cm³/mol. The zero-order valence-electron chi connectivity index (χ0n) is 21.7. The lowest BCUT2D eigenvalue weighted by molar-refractivity contribution is 0.672. The maximum Gasteiger partial charge on any atom is 0.0171 e. The van der Waals surface area contributed by atoms with Gasteiger partial charge in [-0.05, 0) is 77.5 Å². The van der Waals surface area contributed by atoms with Gasteiger partial charge in [0, 0.05) is 5.41 Å². The molecule has 0 heteroatoms. The Morgan fingerprint density at radius 1 is 0.400 bits per heavy atom. The van der Waals surface area contributed by atoms with Gasteiger partial charge in [0.1, 0.15) is 0 Å². The molecule has 0 saturated heterocycles. The van der Waals surface area contributed by atoms with Crippen LogP contribution in [0, 0.1) is 0 Å². The first kappa shape index (κ1) is 23.1. The number of benzene rings is 6. The van der Waals surface area contributed by atoms with Gasteiger partial charge in [0.2, 0.25) is 0 Å². The van der Waals surface area contributed by atoms with Crippen molar-refractivity contribution in [1.29, 1.82) is 0 Å². The van der Waals surface area contributed by atoms with E-state index >= 15 is 0 Å². The molecule has 0 atom stereocenters. The normalized spacial score (nSPS) is 13.1. The summed E-state index contributed by atoms with van der Waals surface area (Å²) in [6.45, 7) is 12.8. The van der Waals surface area contributed by atoms with Crippen molar-refractivity contribution in [3.05, 3.63) is 108 Å². The number of rotatable bonds is 0. The van der Waals surface area contributed by atoms with Crippen LogP contribution in [0.5, 0.6) is 0 Å². The van der Waals surface area contributed by atoms with E-state index in [0.29, 0.717) is 0 Å². The van der Waals surface area contributed by atoms with E-state index < -0.39 is 0 Å². The fourth-order valence-electron chi connectivity index (χ4n) is 6.02. The van der Waals surface area contributed by atoms with E-state index in [2.05, 4.69) is 111 Å². The molecule has 35 heavy (non-hydrogen) atoms. The lowest BCUT2D eigenvalue weighted by Gasteiger charge is -2.25. The molecule has 0 radical (unpaired) electrons. The average Bonchev–Trinajstić information content (AvgIpc) is 3.16. The molecule has 0 aromatic heterocycles. The van der Waals surface area contributed by atoms with Gasteiger partial charge in [-0.15, -0.1) is 0 Å². The van der Waals surface area contributed by atoms with Crippen LogP contribution < -0.4 is 0 Å². The second-order valence-electron chi connectivity index (χ2n) is 9.40. The maximum absolute atomic E-state index is 2.40. The molecule has 0 nitrogen and oxygen atoms in total. The first-order valence-corrected chi connectivity index (χ1v) is 13.0. The van der Waals surface area contributed by atoms with Gasteiger partial charge >= 0.3 is 0 Å². The van der Waals surface area contributed by atoms with Crippen molar-refractivity contribution in [3.63, 3.8) is 0 Å². The minimum Gasteiger partial charge on any atom is -0.0683 e. The molecule has 0 amide bonds. The lowest BCUT2D eigenvalue weighted by atomic mass is 9.78. The minimum absolute atomic E-state index is 0.0609. The lowest BCUT2D eigenvalue weighted by Crippen LogP contribution is -2.16. The zero-order valence-corrected chi connectivity index (χ0v) is 21.7. The summed E-state index contributed by atoms with van der Waals surface area (Å²) in [7, 11) is 0. The van der Waals surface area contributed by atoms with Crippen molar-refractivity contribution in [2.75, 3.05) is 0 Å². The van der Waals surface area contributed by atoms with Crippen molar-refractivity contribution in [3.8, 4) is 11.1 Å². The second kappa shape index (κ2) is 8.86. The summed E-state index contributed by atoms with van der Waals surface area (Å²) in [4.78, 5) is 0. The summed E-state index contributed by atoms with van der Waals surface area (Å²) in [5.74, 6) is 0. The highest BCUT2D eigenvalue weighted by Gasteiger charge is 2.38. The highest BCUT2D eigenvalue weighted by atomic mass is 14.4. The van der Waals surface area contributed by atoms with Gasteiger partial charge in [-0.25, -0.2) is 0 Å². The summed E-state index contributed by atoms with van der Waals surface area (Å²) in [5, 5.41) is 10.7. The van der Waals surface area contributed by atoms with Gasteiger partial charge in [-0.2, -0.15) is 0 Å². The summed E-state index contributed by atoms with van der Waals surface area (Å²) in [5.41, 5.74) is 5.64. The van der Waals surface area contributed by atoms with Crippen LogP contribution in [0.25, 0.3) is 54.2 Å². The summed E-state index contributed by atoms with van der Waals surface area (Å²) in [6, 6.07) is 36.1. The first-order valence-electron chi connectivity index (χ1n) is 13.0. The monoisotopic (exact) mass is 454 g/mol. The summed E-state index contributed by atoms with van der Waals surface area (Å²) >= 11 is 0. The molecule has 6 aromatic carbocycles. The molecule has 7 rings (SSSR count). The molecule has 0 spiro atoms. The smallest absolute Gasteiger partial charge is 0.0171 e. The Balaban J connectivity index is 0.000000605. The van der Waals surface area contributed by atoms with Crippen LogP contribution in [0.1, 0.15) is 52.7 Å². The molecule has 6 aromatic rings. The van der Waals surface area contributed by atoms with Gasteiger partial charge in [-0.1, -0.05) is 126 Å². The van der Waals surface area contributed by atoms with Gasteiger partial charge in [-0.3, -0.25) is 0 Å². The Morgan fingerprint density at radius 2 is 0.914 bits per heavy atom. The van der Waals surface area contributed by atoms with Gasteiger partial charge in [0.05, 0.1) is 0 Å². The topological polar surface area (TPSA) is 0 Å². The van der Waals surface area contributed by atoms with Crippen LogP contribution >= 0.6 is 0 Å². The molecule has 0 fully saturated rings. The number of fused-ring (bicyclic) bond motifs is 10. The third kappa shape index (κ3) is 3.35. The SMILES string of the molecule is CC.CC.CC1(C)c2c(ccc3cc4ccccc4cc23)-c2ccc3c(ccc4ccccc43)c21. The number of hydrogen-bond acceptors (Lipinski definition) is 0. The fraction of sp³-hybridized carbons (Fsp3) is 0.200. The van der Waals surface area contributed by atoms with Gasteiger partial charge < -0.3 is 0 Å². The quantitative estimate of drug-likeness (QED) is 0.158. The minimum atomic E-state index is -0.0609. The Morgan fingerprint density at radius 3 is 1.63 bits per heavy atom. The molecule has 1 aliphatic rings.